The largest absolute Gasteiger partial charge is 0.497 e. The minimum atomic E-state index is -0.0711. The molecule has 0 aromatic heterocycles. The van der Waals surface area contributed by atoms with Crippen LogP contribution in [0, 0.1) is 0 Å². The lowest BCUT2D eigenvalue weighted by atomic mass is 10.1. The Labute approximate surface area is 131 Å². The third-order valence-electron chi connectivity index (χ3n) is 3.05. The van der Waals surface area contributed by atoms with Crippen LogP contribution < -0.4 is 9.47 Å². The van der Waals surface area contributed by atoms with Gasteiger partial charge in [-0.15, -0.1) is 0 Å². The molecular formula is C19H20O3. The van der Waals surface area contributed by atoms with Crippen molar-refractivity contribution in [3.8, 4) is 11.5 Å². The number of carbonyl (C=O) groups excluding carboxylic acids is 1. The summed E-state index contributed by atoms with van der Waals surface area (Å²) >= 11 is 0. The highest BCUT2D eigenvalue weighted by Crippen LogP contribution is 2.21. The molecule has 0 amide bonds. The van der Waals surface area contributed by atoms with Crippen LogP contribution in [0.1, 0.15) is 29.8 Å². The van der Waals surface area contributed by atoms with E-state index in [1.54, 1.807) is 37.5 Å². The minimum absolute atomic E-state index is 0.0711. The summed E-state index contributed by atoms with van der Waals surface area (Å²) in [5, 5.41) is 0. The fourth-order valence-electron chi connectivity index (χ4n) is 2.02. The first-order valence-corrected chi connectivity index (χ1v) is 7.22. The lowest BCUT2D eigenvalue weighted by Gasteiger charge is -2.11. The van der Waals surface area contributed by atoms with Crippen molar-refractivity contribution in [1.82, 2.24) is 0 Å². The number of para-hydroxylation sites is 1. The van der Waals surface area contributed by atoms with Gasteiger partial charge in [0.05, 0.1) is 13.2 Å². The van der Waals surface area contributed by atoms with Crippen molar-refractivity contribution in [1.29, 1.82) is 0 Å². The van der Waals surface area contributed by atoms with Gasteiger partial charge in [0.15, 0.2) is 5.78 Å². The molecule has 0 radical (unpaired) electrons. The van der Waals surface area contributed by atoms with E-state index in [0.717, 1.165) is 11.3 Å². The molecule has 0 heterocycles. The number of hydrogen-bond donors (Lipinski definition) is 0. The van der Waals surface area contributed by atoms with Gasteiger partial charge >= 0.3 is 0 Å². The summed E-state index contributed by atoms with van der Waals surface area (Å²) < 4.78 is 10.9. The fourth-order valence-corrected chi connectivity index (χ4v) is 2.02. The monoisotopic (exact) mass is 296 g/mol. The van der Waals surface area contributed by atoms with E-state index in [2.05, 4.69) is 0 Å². The molecule has 2 aromatic carbocycles. The number of carbonyl (C=O) groups is 1. The summed E-state index contributed by atoms with van der Waals surface area (Å²) in [5.74, 6) is 1.37. The zero-order valence-corrected chi connectivity index (χ0v) is 13.1. The highest BCUT2D eigenvalue weighted by Gasteiger charge is 2.05. The van der Waals surface area contributed by atoms with Crippen molar-refractivity contribution >= 4 is 11.9 Å². The Bertz CT molecular complexity index is 672. The zero-order valence-electron chi connectivity index (χ0n) is 13.1. The second kappa shape index (κ2) is 7.46. The quantitative estimate of drug-likeness (QED) is 0.586. The van der Waals surface area contributed by atoms with Crippen LogP contribution in [-0.4, -0.2) is 19.0 Å². The van der Waals surface area contributed by atoms with Gasteiger partial charge in [-0.3, -0.25) is 4.79 Å². The summed E-state index contributed by atoms with van der Waals surface area (Å²) in [6.07, 6.45) is 3.42. The Morgan fingerprint density at radius 2 is 1.86 bits per heavy atom. The number of allylic oxidation sites excluding steroid dienone is 1. The van der Waals surface area contributed by atoms with Gasteiger partial charge in [0.1, 0.15) is 11.5 Å². The van der Waals surface area contributed by atoms with Crippen LogP contribution >= 0.6 is 0 Å². The maximum absolute atomic E-state index is 12.2. The maximum Gasteiger partial charge on any atom is 0.185 e. The van der Waals surface area contributed by atoms with Crippen LogP contribution in [0.4, 0.5) is 0 Å². The number of ketones is 1. The molecule has 0 bridgehead atoms. The fraction of sp³-hybridized carbons (Fsp3) is 0.211. The standard InChI is InChI=1S/C19H20O3/c1-14(2)22-19-10-5-4-7-15(19)11-12-18(20)16-8-6-9-17(13-16)21-3/h4-14H,1-3H3/b12-11+. The number of methoxy groups -OCH3 is 1. The normalized spacial score (nSPS) is 10.9. The summed E-state index contributed by atoms with van der Waals surface area (Å²) in [6, 6.07) is 14.8. The molecule has 2 rings (SSSR count). The Morgan fingerprint density at radius 3 is 2.59 bits per heavy atom. The maximum atomic E-state index is 12.2. The van der Waals surface area contributed by atoms with Crippen molar-refractivity contribution in [2.24, 2.45) is 0 Å². The summed E-state index contributed by atoms with van der Waals surface area (Å²) in [6.45, 7) is 3.95. The van der Waals surface area contributed by atoms with Crippen LogP contribution in [0.25, 0.3) is 6.08 Å². The first kappa shape index (κ1) is 15.8. The van der Waals surface area contributed by atoms with Crippen LogP contribution in [-0.2, 0) is 0 Å². The predicted octanol–water partition coefficient (Wildman–Crippen LogP) is 4.38. The molecule has 0 aliphatic heterocycles. The first-order valence-electron chi connectivity index (χ1n) is 7.22. The molecule has 0 aliphatic rings. The molecule has 0 N–H and O–H groups in total. The average Bonchev–Trinajstić information content (AvgIpc) is 2.53. The van der Waals surface area contributed by atoms with E-state index in [4.69, 9.17) is 9.47 Å². The third kappa shape index (κ3) is 4.22. The Kier molecular flexibility index (Phi) is 5.37. The number of rotatable bonds is 6. The molecule has 0 unspecified atom stereocenters. The van der Waals surface area contributed by atoms with E-state index in [0.29, 0.717) is 11.3 Å². The SMILES string of the molecule is COc1cccc(C(=O)/C=C/c2ccccc2OC(C)C)c1. The van der Waals surface area contributed by atoms with Gasteiger partial charge < -0.3 is 9.47 Å². The van der Waals surface area contributed by atoms with Crippen LogP contribution in [0.15, 0.2) is 54.6 Å². The lowest BCUT2D eigenvalue weighted by molar-refractivity contribution is 0.104. The molecular weight excluding hydrogens is 276 g/mol. The summed E-state index contributed by atoms with van der Waals surface area (Å²) in [7, 11) is 1.58. The molecule has 3 nitrogen and oxygen atoms in total. The molecule has 0 spiro atoms. The van der Waals surface area contributed by atoms with E-state index in [1.165, 1.54) is 0 Å². The molecule has 3 heteroatoms. The zero-order chi connectivity index (χ0) is 15.9. The van der Waals surface area contributed by atoms with E-state index in [9.17, 15) is 4.79 Å². The van der Waals surface area contributed by atoms with Crippen molar-refractivity contribution in [2.45, 2.75) is 20.0 Å². The molecule has 22 heavy (non-hydrogen) atoms. The van der Waals surface area contributed by atoms with Crippen LogP contribution in [0.5, 0.6) is 11.5 Å². The van der Waals surface area contributed by atoms with Gasteiger partial charge in [0.2, 0.25) is 0 Å². The van der Waals surface area contributed by atoms with E-state index in [-0.39, 0.29) is 11.9 Å². The van der Waals surface area contributed by atoms with Crippen molar-refractivity contribution in [2.75, 3.05) is 7.11 Å². The number of ether oxygens (including phenoxy) is 2. The Balaban J connectivity index is 2.19. The van der Waals surface area contributed by atoms with Crippen molar-refractivity contribution in [3.63, 3.8) is 0 Å². The van der Waals surface area contributed by atoms with Gasteiger partial charge in [-0.1, -0.05) is 30.3 Å². The molecule has 0 atom stereocenters. The predicted molar refractivity (Wildman–Crippen MR) is 88.6 cm³/mol. The smallest absolute Gasteiger partial charge is 0.185 e. The lowest BCUT2D eigenvalue weighted by Crippen LogP contribution is -2.06. The minimum Gasteiger partial charge on any atom is -0.497 e. The Morgan fingerprint density at radius 1 is 1.09 bits per heavy atom. The van der Waals surface area contributed by atoms with E-state index in [1.807, 2.05) is 44.2 Å². The van der Waals surface area contributed by atoms with E-state index >= 15 is 0 Å². The molecule has 0 fully saturated rings. The van der Waals surface area contributed by atoms with Gasteiger partial charge in [0.25, 0.3) is 0 Å². The molecule has 2 aromatic rings. The first-order chi connectivity index (χ1) is 10.6. The van der Waals surface area contributed by atoms with Crippen molar-refractivity contribution in [3.05, 3.63) is 65.7 Å². The van der Waals surface area contributed by atoms with Gasteiger partial charge in [-0.2, -0.15) is 0 Å². The molecule has 114 valence electrons. The second-order valence-electron chi connectivity index (χ2n) is 5.13. The molecule has 0 aliphatic carbocycles. The summed E-state index contributed by atoms with van der Waals surface area (Å²) in [5.41, 5.74) is 1.48. The second-order valence-corrected chi connectivity index (χ2v) is 5.13. The highest BCUT2D eigenvalue weighted by molar-refractivity contribution is 6.07. The summed E-state index contributed by atoms with van der Waals surface area (Å²) in [4.78, 5) is 12.2. The number of benzene rings is 2. The van der Waals surface area contributed by atoms with Crippen LogP contribution in [0.3, 0.4) is 0 Å². The molecule has 0 saturated carbocycles. The van der Waals surface area contributed by atoms with E-state index < -0.39 is 0 Å². The van der Waals surface area contributed by atoms with Gasteiger partial charge in [-0.05, 0) is 44.2 Å². The third-order valence-corrected chi connectivity index (χ3v) is 3.05. The van der Waals surface area contributed by atoms with Crippen LogP contribution in [0.2, 0.25) is 0 Å². The van der Waals surface area contributed by atoms with Crippen molar-refractivity contribution < 1.29 is 14.3 Å². The Hall–Kier alpha value is -2.55. The topological polar surface area (TPSA) is 35.5 Å². The number of hydrogen-bond acceptors (Lipinski definition) is 3. The molecule has 0 saturated heterocycles. The average molecular weight is 296 g/mol. The highest BCUT2D eigenvalue weighted by atomic mass is 16.5. The van der Waals surface area contributed by atoms with Gasteiger partial charge in [0, 0.05) is 11.1 Å². The van der Waals surface area contributed by atoms with Gasteiger partial charge in [-0.25, -0.2) is 0 Å².